The average molecular weight is 354 g/mol. The molecule has 3 aromatic rings. The number of hydrogen-bond donors (Lipinski definition) is 0. The smallest absolute Gasteiger partial charge is 0.278 e. The van der Waals surface area contributed by atoms with E-state index < -0.39 is 0 Å². The standard InChI is InChI=1S/C18H18N4O2S/c23-22(24)18-2-1-17(15-3-5-19-11-16(15)18)21-8-6-20(7-9-21)12-14-4-10-25-13-14/h1-5,10-11,13H,6-9,12H2. The molecule has 1 fully saturated rings. The molecule has 7 heteroatoms. The minimum atomic E-state index is -0.341. The maximum absolute atomic E-state index is 11.3. The molecule has 2 aromatic heterocycles. The Balaban J connectivity index is 1.55. The first kappa shape index (κ1) is 16.0. The van der Waals surface area contributed by atoms with Crippen LogP contribution in [-0.2, 0) is 6.54 Å². The predicted octanol–water partition coefficient (Wildman–Crippen LogP) is 3.53. The molecule has 128 valence electrons. The Morgan fingerprint density at radius 3 is 2.68 bits per heavy atom. The highest BCUT2D eigenvalue weighted by atomic mass is 32.1. The van der Waals surface area contributed by atoms with Crippen molar-refractivity contribution in [2.24, 2.45) is 0 Å². The van der Waals surface area contributed by atoms with E-state index in [9.17, 15) is 10.1 Å². The first-order valence-electron chi connectivity index (χ1n) is 8.22. The predicted molar refractivity (Wildman–Crippen MR) is 100 cm³/mol. The van der Waals surface area contributed by atoms with Crippen LogP contribution in [0.4, 0.5) is 11.4 Å². The van der Waals surface area contributed by atoms with E-state index in [0.29, 0.717) is 5.39 Å². The third-order valence-corrected chi connectivity index (χ3v) is 5.40. The number of non-ortho nitro benzene ring substituents is 1. The lowest BCUT2D eigenvalue weighted by atomic mass is 10.1. The molecule has 0 unspecified atom stereocenters. The summed E-state index contributed by atoms with van der Waals surface area (Å²) in [5, 5.41) is 17.1. The van der Waals surface area contributed by atoms with Crippen molar-refractivity contribution in [2.75, 3.05) is 31.1 Å². The van der Waals surface area contributed by atoms with Gasteiger partial charge in [0.15, 0.2) is 0 Å². The number of rotatable bonds is 4. The number of nitrogens with zero attached hydrogens (tertiary/aromatic N) is 4. The van der Waals surface area contributed by atoms with Gasteiger partial charge >= 0.3 is 0 Å². The van der Waals surface area contributed by atoms with Crippen molar-refractivity contribution in [2.45, 2.75) is 6.54 Å². The average Bonchev–Trinajstić information content (AvgIpc) is 3.14. The van der Waals surface area contributed by atoms with E-state index in [4.69, 9.17) is 0 Å². The van der Waals surface area contributed by atoms with Gasteiger partial charge in [-0.1, -0.05) is 0 Å². The lowest BCUT2D eigenvalue weighted by molar-refractivity contribution is -0.383. The molecule has 0 amide bonds. The summed E-state index contributed by atoms with van der Waals surface area (Å²) in [6.07, 6.45) is 3.28. The number of hydrogen-bond acceptors (Lipinski definition) is 6. The van der Waals surface area contributed by atoms with Crippen molar-refractivity contribution in [3.8, 4) is 0 Å². The molecular weight excluding hydrogens is 336 g/mol. The van der Waals surface area contributed by atoms with Crippen LogP contribution >= 0.6 is 11.3 Å². The third-order valence-electron chi connectivity index (χ3n) is 4.67. The molecule has 0 aliphatic carbocycles. The van der Waals surface area contributed by atoms with Crippen LogP contribution in [0.25, 0.3) is 10.8 Å². The minimum absolute atomic E-state index is 0.114. The summed E-state index contributed by atoms with van der Waals surface area (Å²) >= 11 is 1.73. The van der Waals surface area contributed by atoms with Crippen molar-refractivity contribution >= 4 is 33.5 Å². The minimum Gasteiger partial charge on any atom is -0.368 e. The van der Waals surface area contributed by atoms with Crippen molar-refractivity contribution in [1.82, 2.24) is 9.88 Å². The fourth-order valence-electron chi connectivity index (χ4n) is 3.38. The van der Waals surface area contributed by atoms with Gasteiger partial charge in [0.25, 0.3) is 5.69 Å². The lowest BCUT2D eigenvalue weighted by Crippen LogP contribution is -2.46. The van der Waals surface area contributed by atoms with Crippen molar-refractivity contribution < 1.29 is 4.92 Å². The first-order valence-corrected chi connectivity index (χ1v) is 9.16. The SMILES string of the molecule is O=[N+]([O-])c1ccc(N2CCN(Cc3ccsc3)CC2)c2ccncc12. The first-order chi connectivity index (χ1) is 12.2. The molecule has 4 rings (SSSR count). The monoisotopic (exact) mass is 354 g/mol. The molecule has 0 bridgehead atoms. The molecular formula is C18H18N4O2S. The summed E-state index contributed by atoms with van der Waals surface area (Å²) < 4.78 is 0. The fraction of sp³-hybridized carbons (Fsp3) is 0.278. The lowest BCUT2D eigenvalue weighted by Gasteiger charge is -2.36. The van der Waals surface area contributed by atoms with Crippen LogP contribution in [0.5, 0.6) is 0 Å². The summed E-state index contributed by atoms with van der Waals surface area (Å²) in [6.45, 7) is 4.79. The van der Waals surface area contributed by atoms with Crippen LogP contribution in [-0.4, -0.2) is 41.0 Å². The number of piperazine rings is 1. The van der Waals surface area contributed by atoms with Gasteiger partial charge in [-0.2, -0.15) is 11.3 Å². The summed E-state index contributed by atoms with van der Waals surface area (Å²) in [5.41, 5.74) is 2.53. The van der Waals surface area contributed by atoms with Crippen LogP contribution < -0.4 is 4.90 Å². The molecule has 3 heterocycles. The molecule has 1 aliphatic rings. The second-order valence-corrected chi connectivity index (χ2v) is 6.96. The highest BCUT2D eigenvalue weighted by Gasteiger charge is 2.21. The molecule has 1 aliphatic heterocycles. The molecule has 6 nitrogen and oxygen atoms in total. The molecule has 1 saturated heterocycles. The highest BCUT2D eigenvalue weighted by molar-refractivity contribution is 7.07. The second-order valence-electron chi connectivity index (χ2n) is 6.18. The number of fused-ring (bicyclic) bond motifs is 1. The zero-order chi connectivity index (χ0) is 17.2. The maximum Gasteiger partial charge on any atom is 0.278 e. The zero-order valence-electron chi connectivity index (χ0n) is 13.7. The number of pyridine rings is 1. The Bertz CT molecular complexity index is 889. The largest absolute Gasteiger partial charge is 0.368 e. The molecule has 0 radical (unpaired) electrons. The van der Waals surface area contributed by atoms with Gasteiger partial charge in [-0.25, -0.2) is 0 Å². The number of nitro groups is 1. The number of nitro benzene ring substituents is 1. The Kier molecular flexibility index (Phi) is 4.33. The van der Waals surface area contributed by atoms with Gasteiger partial charge in [0, 0.05) is 62.3 Å². The summed E-state index contributed by atoms with van der Waals surface area (Å²) in [5.74, 6) is 0. The topological polar surface area (TPSA) is 62.5 Å². The van der Waals surface area contributed by atoms with Gasteiger partial charge in [-0.05, 0) is 34.5 Å². The molecule has 0 spiro atoms. The van der Waals surface area contributed by atoms with Gasteiger partial charge in [0.1, 0.15) is 0 Å². The molecule has 1 aromatic carbocycles. The van der Waals surface area contributed by atoms with E-state index in [2.05, 4.69) is 31.6 Å². The fourth-order valence-corrected chi connectivity index (χ4v) is 4.04. The Labute approximate surface area is 149 Å². The molecule has 0 N–H and O–H groups in total. The Hall–Kier alpha value is -2.51. The van der Waals surface area contributed by atoms with Crippen molar-refractivity contribution in [3.63, 3.8) is 0 Å². The number of thiophene rings is 1. The van der Waals surface area contributed by atoms with Crippen LogP contribution in [0.2, 0.25) is 0 Å². The summed E-state index contributed by atoms with van der Waals surface area (Å²) in [6, 6.07) is 7.51. The van der Waals surface area contributed by atoms with Gasteiger partial charge < -0.3 is 4.90 Å². The Morgan fingerprint density at radius 1 is 1.12 bits per heavy atom. The Morgan fingerprint density at radius 2 is 1.96 bits per heavy atom. The van der Waals surface area contributed by atoms with Crippen LogP contribution in [0.1, 0.15) is 5.56 Å². The van der Waals surface area contributed by atoms with Crippen molar-refractivity contribution in [3.05, 3.63) is 63.1 Å². The van der Waals surface area contributed by atoms with E-state index in [1.54, 1.807) is 29.8 Å². The van der Waals surface area contributed by atoms with Crippen LogP contribution in [0.3, 0.4) is 0 Å². The number of benzene rings is 1. The van der Waals surface area contributed by atoms with E-state index in [1.807, 2.05) is 12.1 Å². The van der Waals surface area contributed by atoms with E-state index in [-0.39, 0.29) is 10.6 Å². The molecule has 0 saturated carbocycles. The van der Waals surface area contributed by atoms with Gasteiger partial charge in [-0.3, -0.25) is 20.0 Å². The quantitative estimate of drug-likeness (QED) is 0.530. The molecule has 0 atom stereocenters. The summed E-state index contributed by atoms with van der Waals surface area (Å²) in [4.78, 5) is 19.7. The normalized spacial score (nSPS) is 15.6. The van der Waals surface area contributed by atoms with Crippen LogP contribution in [0.15, 0.2) is 47.4 Å². The highest BCUT2D eigenvalue weighted by Crippen LogP contribution is 2.33. The molecule has 25 heavy (non-hydrogen) atoms. The number of anilines is 1. The van der Waals surface area contributed by atoms with Gasteiger partial charge in [-0.15, -0.1) is 0 Å². The third kappa shape index (κ3) is 3.20. The van der Waals surface area contributed by atoms with Crippen molar-refractivity contribution in [1.29, 1.82) is 0 Å². The van der Waals surface area contributed by atoms with E-state index in [0.717, 1.165) is 43.8 Å². The van der Waals surface area contributed by atoms with Crippen LogP contribution in [0, 0.1) is 10.1 Å². The maximum atomic E-state index is 11.3. The second kappa shape index (κ2) is 6.78. The summed E-state index contributed by atoms with van der Waals surface area (Å²) in [7, 11) is 0. The number of aromatic nitrogens is 1. The zero-order valence-corrected chi connectivity index (χ0v) is 14.5. The van der Waals surface area contributed by atoms with Gasteiger partial charge in [0.05, 0.1) is 10.3 Å². The van der Waals surface area contributed by atoms with E-state index in [1.165, 1.54) is 5.56 Å². The van der Waals surface area contributed by atoms with E-state index >= 15 is 0 Å². The van der Waals surface area contributed by atoms with Gasteiger partial charge in [0.2, 0.25) is 0 Å².